The number of alkyl halides is 1. The van der Waals surface area contributed by atoms with Crippen LogP contribution in [0.2, 0.25) is 0 Å². The lowest BCUT2D eigenvalue weighted by Crippen LogP contribution is -2.49. The first-order chi connectivity index (χ1) is 8.66. The van der Waals surface area contributed by atoms with E-state index in [1.807, 2.05) is 11.0 Å². The second-order valence-electron chi connectivity index (χ2n) is 4.70. The molecule has 4 heteroatoms. The van der Waals surface area contributed by atoms with Crippen LogP contribution in [0.25, 0.3) is 0 Å². The van der Waals surface area contributed by atoms with Crippen molar-refractivity contribution in [1.82, 2.24) is 9.80 Å². The molecule has 0 radical (unpaired) electrons. The highest BCUT2D eigenvalue weighted by Crippen LogP contribution is 2.10. The second kappa shape index (κ2) is 6.21. The second-order valence-corrected chi connectivity index (χ2v) is 5.36. The number of hydrogen-bond donors (Lipinski definition) is 0. The molecule has 1 aliphatic rings. The zero-order valence-corrected chi connectivity index (χ0v) is 11.4. The van der Waals surface area contributed by atoms with Gasteiger partial charge in [-0.25, -0.2) is 0 Å². The number of rotatable bonds is 3. The SMILES string of the molecule is C[C@@H](Cl)C(=O)N1CCN(Cc2ccccc2)CC1. The number of hydrogen-bond acceptors (Lipinski definition) is 2. The van der Waals surface area contributed by atoms with Gasteiger partial charge in [-0.1, -0.05) is 30.3 Å². The number of amides is 1. The molecule has 1 amide bonds. The summed E-state index contributed by atoms with van der Waals surface area (Å²) in [6.07, 6.45) is 0. The Kier molecular flexibility index (Phi) is 4.61. The van der Waals surface area contributed by atoms with E-state index in [-0.39, 0.29) is 5.91 Å². The number of halogens is 1. The molecule has 1 aromatic rings. The summed E-state index contributed by atoms with van der Waals surface area (Å²) in [6.45, 7) is 6.10. The summed E-state index contributed by atoms with van der Waals surface area (Å²) >= 11 is 5.82. The van der Waals surface area contributed by atoms with Crippen molar-refractivity contribution in [2.45, 2.75) is 18.8 Å². The van der Waals surface area contributed by atoms with Gasteiger partial charge in [0.15, 0.2) is 0 Å². The molecule has 0 spiro atoms. The molecule has 98 valence electrons. The molecular weight excluding hydrogens is 248 g/mol. The maximum Gasteiger partial charge on any atom is 0.240 e. The van der Waals surface area contributed by atoms with Gasteiger partial charge in [0.1, 0.15) is 5.38 Å². The van der Waals surface area contributed by atoms with Gasteiger partial charge in [-0.15, -0.1) is 11.6 Å². The zero-order chi connectivity index (χ0) is 13.0. The lowest BCUT2D eigenvalue weighted by atomic mass is 10.2. The van der Waals surface area contributed by atoms with Crippen LogP contribution in [0.5, 0.6) is 0 Å². The third-order valence-electron chi connectivity index (χ3n) is 3.27. The van der Waals surface area contributed by atoms with E-state index >= 15 is 0 Å². The van der Waals surface area contributed by atoms with Gasteiger partial charge in [0.2, 0.25) is 5.91 Å². The minimum Gasteiger partial charge on any atom is -0.339 e. The van der Waals surface area contributed by atoms with Gasteiger partial charge in [0.05, 0.1) is 0 Å². The number of carbonyl (C=O) groups excluding carboxylic acids is 1. The monoisotopic (exact) mass is 266 g/mol. The molecule has 0 unspecified atom stereocenters. The summed E-state index contributed by atoms with van der Waals surface area (Å²) in [5.41, 5.74) is 1.32. The summed E-state index contributed by atoms with van der Waals surface area (Å²) in [6, 6.07) is 10.4. The van der Waals surface area contributed by atoms with E-state index in [4.69, 9.17) is 11.6 Å². The molecule has 18 heavy (non-hydrogen) atoms. The fraction of sp³-hybridized carbons (Fsp3) is 0.500. The van der Waals surface area contributed by atoms with Crippen molar-refractivity contribution in [2.75, 3.05) is 26.2 Å². The summed E-state index contributed by atoms with van der Waals surface area (Å²) < 4.78 is 0. The molecular formula is C14H19ClN2O. The first-order valence-corrected chi connectivity index (χ1v) is 6.79. The summed E-state index contributed by atoms with van der Waals surface area (Å²) in [5.74, 6) is 0.0519. The van der Waals surface area contributed by atoms with Crippen LogP contribution in [0.15, 0.2) is 30.3 Å². The van der Waals surface area contributed by atoms with Crippen molar-refractivity contribution < 1.29 is 4.79 Å². The lowest BCUT2D eigenvalue weighted by Gasteiger charge is -2.35. The molecule has 3 nitrogen and oxygen atoms in total. The minimum atomic E-state index is -0.411. The average molecular weight is 267 g/mol. The third kappa shape index (κ3) is 3.47. The van der Waals surface area contributed by atoms with Crippen LogP contribution < -0.4 is 0 Å². The lowest BCUT2D eigenvalue weighted by molar-refractivity contribution is -0.132. The van der Waals surface area contributed by atoms with Crippen molar-refractivity contribution in [3.63, 3.8) is 0 Å². The Hall–Kier alpha value is -1.06. The van der Waals surface area contributed by atoms with Gasteiger partial charge < -0.3 is 4.90 Å². The molecule has 0 N–H and O–H groups in total. The first-order valence-electron chi connectivity index (χ1n) is 6.36. The van der Waals surface area contributed by atoms with E-state index < -0.39 is 5.38 Å². The Morgan fingerprint density at radius 3 is 2.39 bits per heavy atom. The van der Waals surface area contributed by atoms with E-state index in [1.165, 1.54) is 5.56 Å². The Balaban J connectivity index is 1.82. The largest absolute Gasteiger partial charge is 0.339 e. The quantitative estimate of drug-likeness (QED) is 0.781. The molecule has 0 aromatic heterocycles. The fourth-order valence-corrected chi connectivity index (χ4v) is 2.36. The van der Waals surface area contributed by atoms with Crippen LogP contribution in [0.3, 0.4) is 0 Å². The first kappa shape index (κ1) is 13.4. The Morgan fingerprint density at radius 2 is 1.83 bits per heavy atom. The van der Waals surface area contributed by atoms with Crippen LogP contribution >= 0.6 is 11.6 Å². The highest BCUT2D eigenvalue weighted by Gasteiger charge is 2.23. The molecule has 1 fully saturated rings. The van der Waals surface area contributed by atoms with Crippen LogP contribution in [-0.2, 0) is 11.3 Å². The smallest absolute Gasteiger partial charge is 0.240 e. The van der Waals surface area contributed by atoms with Gasteiger partial charge in [0, 0.05) is 32.7 Å². The minimum absolute atomic E-state index is 0.0519. The van der Waals surface area contributed by atoms with Gasteiger partial charge in [-0.05, 0) is 12.5 Å². The van der Waals surface area contributed by atoms with Crippen molar-refractivity contribution in [2.24, 2.45) is 0 Å². The molecule has 0 bridgehead atoms. The van der Waals surface area contributed by atoms with E-state index in [0.717, 1.165) is 32.7 Å². The molecule has 0 saturated carbocycles. The fourth-order valence-electron chi connectivity index (χ4n) is 2.22. The Labute approximate surface area is 113 Å². The Morgan fingerprint density at radius 1 is 1.22 bits per heavy atom. The third-order valence-corrected chi connectivity index (χ3v) is 3.46. The average Bonchev–Trinajstić information content (AvgIpc) is 2.40. The van der Waals surface area contributed by atoms with Crippen LogP contribution in [-0.4, -0.2) is 47.3 Å². The zero-order valence-electron chi connectivity index (χ0n) is 10.7. The van der Waals surface area contributed by atoms with Crippen molar-refractivity contribution >= 4 is 17.5 Å². The molecule has 1 saturated heterocycles. The molecule has 0 aliphatic carbocycles. The van der Waals surface area contributed by atoms with Crippen LogP contribution in [0.4, 0.5) is 0 Å². The highest BCUT2D eigenvalue weighted by molar-refractivity contribution is 6.30. The highest BCUT2D eigenvalue weighted by atomic mass is 35.5. The molecule has 1 aliphatic heterocycles. The number of carbonyl (C=O) groups is 1. The van der Waals surface area contributed by atoms with Gasteiger partial charge in [-0.2, -0.15) is 0 Å². The Bertz CT molecular complexity index is 386. The standard InChI is InChI=1S/C14H19ClN2O/c1-12(15)14(18)17-9-7-16(8-10-17)11-13-5-3-2-4-6-13/h2-6,12H,7-11H2,1H3/t12-/m1/s1. The van der Waals surface area contributed by atoms with Crippen molar-refractivity contribution in [3.05, 3.63) is 35.9 Å². The normalized spacial score (nSPS) is 18.7. The van der Waals surface area contributed by atoms with Gasteiger partial charge in [0.25, 0.3) is 0 Å². The van der Waals surface area contributed by atoms with Crippen molar-refractivity contribution in [3.8, 4) is 0 Å². The van der Waals surface area contributed by atoms with Crippen LogP contribution in [0, 0.1) is 0 Å². The summed E-state index contributed by atoms with van der Waals surface area (Å²) in [4.78, 5) is 16.0. The molecule has 1 aromatic carbocycles. The maximum atomic E-state index is 11.7. The van der Waals surface area contributed by atoms with Crippen LogP contribution in [0.1, 0.15) is 12.5 Å². The summed E-state index contributed by atoms with van der Waals surface area (Å²) in [7, 11) is 0. The van der Waals surface area contributed by atoms with E-state index in [1.54, 1.807) is 6.92 Å². The number of benzene rings is 1. The maximum absolute atomic E-state index is 11.7. The van der Waals surface area contributed by atoms with E-state index in [9.17, 15) is 4.79 Å². The topological polar surface area (TPSA) is 23.6 Å². The van der Waals surface area contributed by atoms with E-state index in [2.05, 4.69) is 29.2 Å². The molecule has 1 heterocycles. The predicted molar refractivity (Wildman–Crippen MR) is 73.6 cm³/mol. The molecule has 2 rings (SSSR count). The summed E-state index contributed by atoms with van der Waals surface area (Å²) in [5, 5.41) is -0.411. The van der Waals surface area contributed by atoms with Crippen molar-refractivity contribution in [1.29, 1.82) is 0 Å². The van der Waals surface area contributed by atoms with Gasteiger partial charge in [-0.3, -0.25) is 9.69 Å². The van der Waals surface area contributed by atoms with Gasteiger partial charge >= 0.3 is 0 Å². The predicted octanol–water partition coefficient (Wildman–Crippen LogP) is 1.96. The van der Waals surface area contributed by atoms with E-state index in [0.29, 0.717) is 0 Å². The molecule has 1 atom stereocenters. The number of nitrogens with zero attached hydrogens (tertiary/aromatic N) is 2. The number of piperazine rings is 1.